The monoisotopic (exact) mass is 668 g/mol. The number of benzene rings is 2. The number of carbonyl (C=O) groups is 1. The SMILES string of the molecule is COc1ccc(Cn2nc(I)c3c(Oc4ccc(OCc5cnnn5COC(=O)C(C)(C)C)cc4)ccnc32)cc1. The third-order valence-electron chi connectivity index (χ3n) is 6.11. The highest BCUT2D eigenvalue weighted by atomic mass is 127. The van der Waals surface area contributed by atoms with Crippen LogP contribution in [0.5, 0.6) is 23.0 Å². The second-order valence-corrected chi connectivity index (χ2v) is 11.2. The minimum atomic E-state index is -0.598. The van der Waals surface area contributed by atoms with Crippen molar-refractivity contribution in [1.29, 1.82) is 0 Å². The topological polar surface area (TPSA) is 115 Å². The van der Waals surface area contributed by atoms with E-state index in [1.54, 1.807) is 40.3 Å². The van der Waals surface area contributed by atoms with Gasteiger partial charge in [0.25, 0.3) is 0 Å². The molecule has 5 aromatic rings. The first-order valence-electron chi connectivity index (χ1n) is 12.8. The number of ether oxygens (including phenoxy) is 4. The molecule has 0 aliphatic heterocycles. The van der Waals surface area contributed by atoms with Gasteiger partial charge in [0.15, 0.2) is 12.4 Å². The third kappa shape index (κ3) is 6.76. The predicted molar refractivity (Wildman–Crippen MR) is 159 cm³/mol. The lowest BCUT2D eigenvalue weighted by molar-refractivity contribution is -0.157. The van der Waals surface area contributed by atoms with Crippen LogP contribution in [-0.4, -0.2) is 42.8 Å². The van der Waals surface area contributed by atoms with Gasteiger partial charge in [-0.05, 0) is 85.3 Å². The van der Waals surface area contributed by atoms with Gasteiger partial charge < -0.3 is 18.9 Å². The number of nitrogens with zero attached hydrogens (tertiary/aromatic N) is 6. The van der Waals surface area contributed by atoms with Crippen molar-refractivity contribution in [2.75, 3.05) is 7.11 Å². The zero-order chi connectivity index (χ0) is 29.0. The summed E-state index contributed by atoms with van der Waals surface area (Å²) < 4.78 is 26.9. The number of halogens is 1. The fraction of sp³-hybridized carbons (Fsp3) is 0.276. The lowest BCUT2D eigenvalue weighted by Gasteiger charge is -2.17. The molecule has 12 heteroatoms. The highest BCUT2D eigenvalue weighted by Gasteiger charge is 2.23. The van der Waals surface area contributed by atoms with Crippen LogP contribution >= 0.6 is 22.6 Å². The van der Waals surface area contributed by atoms with E-state index in [0.29, 0.717) is 29.5 Å². The average Bonchev–Trinajstić information content (AvgIpc) is 3.55. The van der Waals surface area contributed by atoms with E-state index in [0.717, 1.165) is 26.0 Å². The van der Waals surface area contributed by atoms with Crippen LogP contribution in [0.2, 0.25) is 0 Å². The summed E-state index contributed by atoms with van der Waals surface area (Å²) in [6.07, 6.45) is 3.29. The number of hydrogen-bond donors (Lipinski definition) is 0. The molecule has 0 aliphatic carbocycles. The van der Waals surface area contributed by atoms with Gasteiger partial charge >= 0.3 is 5.97 Å². The maximum atomic E-state index is 12.1. The van der Waals surface area contributed by atoms with Crippen molar-refractivity contribution in [2.45, 2.75) is 40.7 Å². The fourth-order valence-corrected chi connectivity index (χ4v) is 4.62. The Labute approximate surface area is 250 Å². The number of pyridine rings is 1. The van der Waals surface area contributed by atoms with E-state index in [-0.39, 0.29) is 19.3 Å². The molecular weight excluding hydrogens is 639 g/mol. The molecule has 0 bridgehead atoms. The smallest absolute Gasteiger partial charge is 0.313 e. The fourth-order valence-electron chi connectivity index (χ4n) is 3.85. The molecular formula is C29H29IN6O5. The van der Waals surface area contributed by atoms with Crippen molar-refractivity contribution in [3.05, 3.63) is 81.9 Å². The minimum Gasteiger partial charge on any atom is -0.497 e. The predicted octanol–water partition coefficient (Wildman–Crippen LogP) is 5.60. The zero-order valence-corrected chi connectivity index (χ0v) is 25.2. The first-order valence-corrected chi connectivity index (χ1v) is 13.9. The molecule has 3 aromatic heterocycles. The zero-order valence-electron chi connectivity index (χ0n) is 23.1. The van der Waals surface area contributed by atoms with Gasteiger partial charge in [0.05, 0.1) is 36.3 Å². The summed E-state index contributed by atoms with van der Waals surface area (Å²) in [6.45, 7) is 6.13. The van der Waals surface area contributed by atoms with Crippen molar-refractivity contribution in [1.82, 2.24) is 29.8 Å². The van der Waals surface area contributed by atoms with E-state index in [9.17, 15) is 4.79 Å². The number of esters is 1. The Bertz CT molecular complexity index is 1640. The van der Waals surface area contributed by atoms with Gasteiger partial charge in [-0.3, -0.25) is 4.79 Å². The molecule has 0 radical (unpaired) electrons. The van der Waals surface area contributed by atoms with Crippen LogP contribution in [-0.2, 0) is 29.4 Å². The number of fused-ring (bicyclic) bond motifs is 1. The molecule has 0 saturated heterocycles. The summed E-state index contributed by atoms with van der Waals surface area (Å²) in [4.78, 5) is 16.6. The number of methoxy groups -OCH3 is 1. The highest BCUT2D eigenvalue weighted by molar-refractivity contribution is 14.1. The van der Waals surface area contributed by atoms with Crippen LogP contribution in [0.25, 0.3) is 11.0 Å². The Balaban J connectivity index is 1.23. The van der Waals surface area contributed by atoms with Gasteiger partial charge in [-0.1, -0.05) is 17.3 Å². The Morgan fingerprint density at radius 3 is 2.37 bits per heavy atom. The second-order valence-electron chi connectivity index (χ2n) is 10.2. The van der Waals surface area contributed by atoms with Crippen LogP contribution in [0, 0.1) is 9.12 Å². The molecule has 0 saturated carbocycles. The van der Waals surface area contributed by atoms with Crippen molar-refractivity contribution >= 4 is 39.6 Å². The van der Waals surface area contributed by atoms with Crippen molar-refractivity contribution in [2.24, 2.45) is 5.41 Å². The van der Waals surface area contributed by atoms with E-state index >= 15 is 0 Å². The van der Waals surface area contributed by atoms with Gasteiger partial charge in [0.1, 0.15) is 33.3 Å². The van der Waals surface area contributed by atoms with Crippen LogP contribution in [0.1, 0.15) is 32.0 Å². The Hall–Kier alpha value is -4.20. The maximum absolute atomic E-state index is 12.1. The van der Waals surface area contributed by atoms with Gasteiger partial charge in [0, 0.05) is 12.3 Å². The molecule has 212 valence electrons. The lowest BCUT2D eigenvalue weighted by atomic mass is 9.98. The summed E-state index contributed by atoms with van der Waals surface area (Å²) in [5, 5.41) is 13.4. The van der Waals surface area contributed by atoms with E-state index in [4.69, 9.17) is 24.0 Å². The molecule has 0 aliphatic rings. The molecule has 11 nitrogen and oxygen atoms in total. The van der Waals surface area contributed by atoms with Crippen LogP contribution in [0.15, 0.2) is 67.0 Å². The Morgan fingerprint density at radius 2 is 1.66 bits per heavy atom. The van der Waals surface area contributed by atoms with Crippen molar-refractivity contribution in [3.63, 3.8) is 0 Å². The van der Waals surface area contributed by atoms with E-state index in [1.165, 1.54) is 4.68 Å². The minimum absolute atomic E-state index is 0.0303. The quantitative estimate of drug-likeness (QED) is 0.139. The highest BCUT2D eigenvalue weighted by Crippen LogP contribution is 2.33. The number of aromatic nitrogens is 6. The van der Waals surface area contributed by atoms with Crippen LogP contribution in [0.4, 0.5) is 0 Å². The standard InChI is InChI=1S/C29H29IN6O5/c1-29(2,3)28(37)40-18-36-20(15-32-34-36)17-39-22-9-11-23(12-10-22)41-24-13-14-31-27-25(24)26(30)33-35(27)16-19-5-7-21(38-4)8-6-19/h5-15H,16-18H2,1-4H3. The van der Waals surface area contributed by atoms with Crippen LogP contribution < -0.4 is 14.2 Å². The molecule has 0 fully saturated rings. The van der Waals surface area contributed by atoms with E-state index in [1.807, 2.05) is 59.3 Å². The Morgan fingerprint density at radius 1 is 0.951 bits per heavy atom. The average molecular weight is 668 g/mol. The molecule has 2 aromatic carbocycles. The van der Waals surface area contributed by atoms with Gasteiger partial charge in [0.2, 0.25) is 0 Å². The summed E-state index contributed by atoms with van der Waals surface area (Å²) in [5.41, 5.74) is 1.90. The largest absolute Gasteiger partial charge is 0.497 e. The van der Waals surface area contributed by atoms with Crippen LogP contribution in [0.3, 0.4) is 0 Å². The van der Waals surface area contributed by atoms with E-state index < -0.39 is 5.41 Å². The Kier molecular flexibility index (Phi) is 8.38. The molecule has 3 heterocycles. The lowest BCUT2D eigenvalue weighted by Crippen LogP contribution is -2.24. The number of hydrogen-bond acceptors (Lipinski definition) is 9. The number of rotatable bonds is 10. The van der Waals surface area contributed by atoms with Gasteiger partial charge in [-0.25, -0.2) is 14.3 Å². The molecule has 5 rings (SSSR count). The van der Waals surface area contributed by atoms with E-state index in [2.05, 4.69) is 37.9 Å². The molecule has 41 heavy (non-hydrogen) atoms. The maximum Gasteiger partial charge on any atom is 0.313 e. The van der Waals surface area contributed by atoms with Crippen molar-refractivity contribution < 1.29 is 23.7 Å². The first kappa shape index (κ1) is 28.3. The number of carbonyl (C=O) groups excluding carboxylic acids is 1. The molecule has 0 atom stereocenters. The summed E-state index contributed by atoms with van der Waals surface area (Å²) in [5.74, 6) is 2.43. The van der Waals surface area contributed by atoms with Gasteiger partial charge in [-0.15, -0.1) is 5.10 Å². The summed E-state index contributed by atoms with van der Waals surface area (Å²) >= 11 is 2.21. The van der Waals surface area contributed by atoms with Crippen molar-refractivity contribution in [3.8, 4) is 23.0 Å². The molecule has 0 spiro atoms. The third-order valence-corrected chi connectivity index (χ3v) is 6.87. The summed E-state index contributed by atoms with van der Waals surface area (Å²) in [6, 6.07) is 17.0. The first-order chi connectivity index (χ1) is 19.7. The molecule has 0 amide bonds. The molecule has 0 N–H and O–H groups in total. The van der Waals surface area contributed by atoms with Gasteiger partial charge in [-0.2, -0.15) is 5.10 Å². The second kappa shape index (κ2) is 12.1. The normalized spacial score (nSPS) is 11.4. The molecule has 0 unspecified atom stereocenters. The summed E-state index contributed by atoms with van der Waals surface area (Å²) in [7, 11) is 1.65.